The standard InChI is InChI=1S/C20H25ClN2O5.C5H11NO2.CH4O3S.H2O/c1-4-28-20(25)18-15(11-27-10-9-22)23-12(2)16(19(24)26-3)17(18)13-7-5-6-8-14(13)21;1-3(2)4(6)5(7)8;1-5(2,3)4;/h5-8,17,23H,4,9-11,22H2,1-3H3;3-4H,6H2,1-2H3,(H,7,8);1H3,(H,2,3,4);1H2/t;4-;;/m.0../s1. The average Bonchev–Trinajstić information content (AvgIpc) is 2.87. The van der Waals surface area contributed by atoms with Crippen LogP contribution < -0.4 is 16.8 Å². The van der Waals surface area contributed by atoms with Crippen LogP contribution in [0.25, 0.3) is 0 Å². The zero-order valence-electron chi connectivity index (χ0n) is 24.5. The number of halogens is 1. The van der Waals surface area contributed by atoms with E-state index < -0.39 is 40.0 Å². The smallest absolute Gasteiger partial charge is 0.336 e. The summed E-state index contributed by atoms with van der Waals surface area (Å²) in [5.41, 5.74) is 12.9. The number of carboxylic acids is 1. The highest BCUT2D eigenvalue weighted by molar-refractivity contribution is 7.85. The number of aliphatic carboxylic acids is 1. The number of carbonyl (C=O) groups is 3. The minimum atomic E-state index is -3.67. The van der Waals surface area contributed by atoms with Crippen molar-refractivity contribution in [3.8, 4) is 0 Å². The number of esters is 2. The number of ether oxygens (including phenoxy) is 3. The van der Waals surface area contributed by atoms with Crippen LogP contribution in [-0.4, -0.2) is 87.2 Å². The Labute approximate surface area is 251 Å². The van der Waals surface area contributed by atoms with E-state index in [0.717, 1.165) is 0 Å². The first-order valence-electron chi connectivity index (χ1n) is 12.4. The predicted octanol–water partition coefficient (Wildman–Crippen LogP) is 1.000. The number of nitrogens with two attached hydrogens (primary N) is 2. The highest BCUT2D eigenvalue weighted by atomic mass is 35.5. The summed E-state index contributed by atoms with van der Waals surface area (Å²) < 4.78 is 41.7. The Morgan fingerprint density at radius 2 is 1.69 bits per heavy atom. The number of rotatable bonds is 10. The lowest BCUT2D eigenvalue weighted by atomic mass is 9.80. The maximum absolute atomic E-state index is 12.9. The predicted molar refractivity (Wildman–Crippen MR) is 157 cm³/mol. The second-order valence-electron chi connectivity index (χ2n) is 8.90. The molecule has 42 heavy (non-hydrogen) atoms. The normalized spacial score (nSPS) is 15.2. The zero-order chi connectivity index (χ0) is 31.9. The lowest BCUT2D eigenvalue weighted by Gasteiger charge is -2.31. The van der Waals surface area contributed by atoms with Crippen LogP contribution in [0.5, 0.6) is 0 Å². The second-order valence-corrected chi connectivity index (χ2v) is 10.8. The summed E-state index contributed by atoms with van der Waals surface area (Å²) in [4.78, 5) is 35.5. The zero-order valence-corrected chi connectivity index (χ0v) is 26.0. The molecule has 14 nitrogen and oxygen atoms in total. The molecule has 1 aromatic rings. The van der Waals surface area contributed by atoms with Gasteiger partial charge in [0.1, 0.15) is 6.04 Å². The van der Waals surface area contributed by atoms with Gasteiger partial charge >= 0.3 is 17.9 Å². The number of benzene rings is 1. The van der Waals surface area contributed by atoms with Gasteiger partial charge in [-0.3, -0.25) is 9.35 Å². The Morgan fingerprint density at radius 3 is 2.10 bits per heavy atom. The van der Waals surface area contributed by atoms with Crippen molar-refractivity contribution in [2.45, 2.75) is 39.7 Å². The molecule has 1 aromatic carbocycles. The molecule has 0 saturated carbocycles. The molecule has 0 aliphatic carbocycles. The van der Waals surface area contributed by atoms with Crippen molar-refractivity contribution >= 4 is 39.6 Å². The van der Waals surface area contributed by atoms with Crippen LogP contribution >= 0.6 is 11.6 Å². The molecule has 1 unspecified atom stereocenters. The van der Waals surface area contributed by atoms with Crippen LogP contribution in [0.2, 0.25) is 5.02 Å². The molecule has 0 fully saturated rings. The summed E-state index contributed by atoms with van der Waals surface area (Å²) in [5.74, 6) is -2.77. The van der Waals surface area contributed by atoms with E-state index in [0.29, 0.717) is 47.0 Å². The van der Waals surface area contributed by atoms with Gasteiger partial charge in [-0.25, -0.2) is 9.59 Å². The van der Waals surface area contributed by atoms with E-state index in [-0.39, 0.29) is 30.2 Å². The van der Waals surface area contributed by atoms with Crippen molar-refractivity contribution in [3.05, 3.63) is 57.4 Å². The first kappa shape index (κ1) is 41.1. The fourth-order valence-corrected chi connectivity index (χ4v) is 3.65. The summed E-state index contributed by atoms with van der Waals surface area (Å²) in [7, 11) is -2.38. The minimum absolute atomic E-state index is 0. The van der Waals surface area contributed by atoms with Crippen molar-refractivity contribution in [3.63, 3.8) is 0 Å². The van der Waals surface area contributed by atoms with Crippen LogP contribution in [0.15, 0.2) is 46.8 Å². The van der Waals surface area contributed by atoms with E-state index in [9.17, 15) is 22.8 Å². The Bertz CT molecular complexity index is 1210. The highest BCUT2D eigenvalue weighted by Gasteiger charge is 2.39. The third-order valence-electron chi connectivity index (χ3n) is 5.27. The molecule has 2 atom stereocenters. The lowest BCUT2D eigenvalue weighted by Crippen LogP contribution is -2.35. The molecular formula is C26H42ClN3O11S. The fraction of sp³-hybridized carbons (Fsp3) is 0.500. The van der Waals surface area contributed by atoms with Crippen LogP contribution in [-0.2, 0) is 38.7 Å². The molecule has 2 rings (SSSR count). The van der Waals surface area contributed by atoms with Crippen LogP contribution in [0.1, 0.15) is 39.2 Å². The van der Waals surface area contributed by atoms with Gasteiger partial charge in [0.2, 0.25) is 0 Å². The van der Waals surface area contributed by atoms with Gasteiger partial charge in [0.25, 0.3) is 10.1 Å². The van der Waals surface area contributed by atoms with Gasteiger partial charge < -0.3 is 41.6 Å². The average molecular weight is 640 g/mol. The molecule has 1 aliphatic rings. The number of allylic oxidation sites excluding steroid dienone is 1. The first-order valence-corrected chi connectivity index (χ1v) is 14.6. The molecule has 0 saturated heterocycles. The van der Waals surface area contributed by atoms with Crippen LogP contribution in [0, 0.1) is 5.92 Å². The van der Waals surface area contributed by atoms with Crippen molar-refractivity contribution < 1.29 is 52.1 Å². The molecule has 1 heterocycles. The SMILES string of the molecule is CC(C)[C@H](N)C(=O)O.CCOC(=O)C1=C(COCCN)NC(C)=C(C(=O)OC)C1c1ccccc1Cl.CS(=O)(=O)O.O. The molecule has 9 N–H and O–H groups in total. The summed E-state index contributed by atoms with van der Waals surface area (Å²) >= 11 is 6.42. The van der Waals surface area contributed by atoms with Crippen molar-refractivity contribution in [2.24, 2.45) is 17.4 Å². The molecule has 16 heteroatoms. The second kappa shape index (κ2) is 20.0. The molecule has 240 valence electrons. The van der Waals surface area contributed by atoms with E-state index in [1.165, 1.54) is 7.11 Å². The van der Waals surface area contributed by atoms with Gasteiger partial charge in [0.15, 0.2) is 0 Å². The summed E-state index contributed by atoms with van der Waals surface area (Å²) in [5, 5.41) is 11.7. The third-order valence-corrected chi connectivity index (χ3v) is 5.62. The maximum atomic E-state index is 12.9. The number of dihydropyridines is 1. The van der Waals surface area contributed by atoms with Gasteiger partial charge in [0.05, 0.1) is 55.9 Å². The van der Waals surface area contributed by atoms with Crippen molar-refractivity contribution in [1.82, 2.24) is 5.32 Å². The number of carbonyl (C=O) groups excluding carboxylic acids is 2. The topological polar surface area (TPSA) is 249 Å². The Morgan fingerprint density at radius 1 is 1.14 bits per heavy atom. The number of hydrogen-bond donors (Lipinski definition) is 5. The molecular weight excluding hydrogens is 598 g/mol. The van der Waals surface area contributed by atoms with E-state index in [4.69, 9.17) is 46.9 Å². The van der Waals surface area contributed by atoms with E-state index in [2.05, 4.69) is 5.32 Å². The summed E-state index contributed by atoms with van der Waals surface area (Å²) in [6, 6.07) is 6.33. The number of methoxy groups -OCH3 is 1. The number of carboxylic acid groups (broad SMARTS) is 1. The van der Waals surface area contributed by atoms with Gasteiger partial charge in [-0.1, -0.05) is 43.6 Å². The van der Waals surface area contributed by atoms with E-state index >= 15 is 0 Å². The third kappa shape index (κ3) is 14.2. The monoisotopic (exact) mass is 639 g/mol. The number of nitrogens with one attached hydrogen (secondary N) is 1. The molecule has 1 aliphatic heterocycles. The van der Waals surface area contributed by atoms with Crippen molar-refractivity contribution in [1.29, 1.82) is 0 Å². The fourth-order valence-electron chi connectivity index (χ4n) is 3.40. The highest BCUT2D eigenvalue weighted by Crippen LogP contribution is 2.41. The van der Waals surface area contributed by atoms with Gasteiger partial charge in [-0.05, 0) is 31.4 Å². The quantitative estimate of drug-likeness (QED) is 0.136. The van der Waals surface area contributed by atoms with E-state index in [1.807, 2.05) is 0 Å². The summed E-state index contributed by atoms with van der Waals surface area (Å²) in [6.07, 6.45) is 0.715. The largest absolute Gasteiger partial charge is 0.480 e. The van der Waals surface area contributed by atoms with Crippen LogP contribution in [0.3, 0.4) is 0 Å². The van der Waals surface area contributed by atoms with Crippen molar-refractivity contribution in [2.75, 3.05) is 39.7 Å². The van der Waals surface area contributed by atoms with Gasteiger partial charge in [-0.15, -0.1) is 0 Å². The lowest BCUT2D eigenvalue weighted by molar-refractivity contribution is -0.140. The minimum Gasteiger partial charge on any atom is -0.480 e. The van der Waals surface area contributed by atoms with Gasteiger partial charge in [0, 0.05) is 17.3 Å². The Hall–Kier alpha value is -3.05. The van der Waals surface area contributed by atoms with E-state index in [1.54, 1.807) is 52.0 Å². The molecule has 0 aromatic heterocycles. The first-order chi connectivity index (χ1) is 19.0. The Balaban J connectivity index is 0. The summed E-state index contributed by atoms with van der Waals surface area (Å²) in [6.45, 7) is 7.97. The number of hydrogen-bond acceptors (Lipinski definition) is 11. The molecule has 0 amide bonds. The molecule has 0 spiro atoms. The van der Waals surface area contributed by atoms with Gasteiger partial charge in [-0.2, -0.15) is 8.42 Å². The molecule has 0 radical (unpaired) electrons. The molecule has 0 bridgehead atoms. The van der Waals surface area contributed by atoms with Crippen LogP contribution in [0.4, 0.5) is 0 Å². The maximum Gasteiger partial charge on any atom is 0.336 e. The Kier molecular flexibility index (Phi) is 19.5.